The number of carboxylic acid groups (broad SMARTS) is 1. The molecular formula is C16H14O4. The fourth-order valence-electron chi connectivity index (χ4n) is 2.48. The Balaban J connectivity index is 2.06. The van der Waals surface area contributed by atoms with E-state index < -0.39 is 12.1 Å². The molecule has 3 rings (SSSR count). The first-order chi connectivity index (χ1) is 9.65. The third kappa shape index (κ3) is 2.26. The third-order valence-corrected chi connectivity index (χ3v) is 3.46. The van der Waals surface area contributed by atoms with Crippen LogP contribution in [-0.4, -0.2) is 16.2 Å². The Bertz CT molecular complexity index is 663. The zero-order valence-corrected chi connectivity index (χ0v) is 10.7. The Hall–Kier alpha value is -2.33. The Morgan fingerprint density at radius 1 is 1.20 bits per heavy atom. The summed E-state index contributed by atoms with van der Waals surface area (Å²) in [6.45, 7) is 0.401. The fourth-order valence-corrected chi connectivity index (χ4v) is 2.48. The van der Waals surface area contributed by atoms with Gasteiger partial charge in [-0.1, -0.05) is 30.3 Å². The van der Waals surface area contributed by atoms with Gasteiger partial charge in [-0.15, -0.1) is 0 Å². The number of aliphatic carboxylic acids is 1. The molecule has 102 valence electrons. The number of rotatable bonds is 2. The second-order valence-electron chi connectivity index (χ2n) is 4.83. The van der Waals surface area contributed by atoms with Crippen molar-refractivity contribution >= 4 is 5.97 Å². The van der Waals surface area contributed by atoms with Crippen molar-refractivity contribution in [3.05, 3.63) is 64.7 Å². The molecule has 1 atom stereocenters. The molecule has 0 fully saturated rings. The SMILES string of the molecule is O=C(O)Cc1ccc2c(c1)[C@H](O)c1ccccc1CO2. The number of aliphatic hydroxyl groups excluding tert-OH is 1. The molecule has 1 aliphatic rings. The van der Waals surface area contributed by atoms with Crippen molar-refractivity contribution in [1.29, 1.82) is 0 Å². The smallest absolute Gasteiger partial charge is 0.307 e. The van der Waals surface area contributed by atoms with Crippen LogP contribution in [0.25, 0.3) is 0 Å². The lowest BCUT2D eigenvalue weighted by atomic mass is 9.96. The van der Waals surface area contributed by atoms with Gasteiger partial charge >= 0.3 is 5.97 Å². The molecule has 2 aromatic rings. The highest BCUT2D eigenvalue weighted by molar-refractivity contribution is 5.70. The first kappa shape index (κ1) is 12.7. The number of fused-ring (bicyclic) bond motifs is 2. The van der Waals surface area contributed by atoms with Crippen molar-refractivity contribution in [2.45, 2.75) is 19.1 Å². The first-order valence-corrected chi connectivity index (χ1v) is 6.38. The minimum atomic E-state index is -0.894. The predicted molar refractivity (Wildman–Crippen MR) is 72.6 cm³/mol. The number of carbonyl (C=O) groups is 1. The minimum Gasteiger partial charge on any atom is -0.488 e. The van der Waals surface area contributed by atoms with E-state index in [1.54, 1.807) is 18.2 Å². The molecule has 20 heavy (non-hydrogen) atoms. The lowest BCUT2D eigenvalue weighted by Crippen LogP contribution is -2.04. The molecule has 0 saturated carbocycles. The van der Waals surface area contributed by atoms with E-state index in [0.717, 1.165) is 11.1 Å². The summed E-state index contributed by atoms with van der Waals surface area (Å²) in [5, 5.41) is 19.4. The van der Waals surface area contributed by atoms with Gasteiger partial charge in [0.1, 0.15) is 18.5 Å². The van der Waals surface area contributed by atoms with E-state index in [0.29, 0.717) is 23.5 Å². The van der Waals surface area contributed by atoms with Crippen LogP contribution in [-0.2, 0) is 17.8 Å². The maximum absolute atomic E-state index is 10.8. The third-order valence-electron chi connectivity index (χ3n) is 3.46. The van der Waals surface area contributed by atoms with E-state index in [4.69, 9.17) is 9.84 Å². The van der Waals surface area contributed by atoms with Gasteiger partial charge in [-0.3, -0.25) is 4.79 Å². The summed E-state index contributed by atoms with van der Waals surface area (Å²) >= 11 is 0. The number of hydrogen-bond donors (Lipinski definition) is 2. The lowest BCUT2D eigenvalue weighted by Gasteiger charge is -2.13. The maximum atomic E-state index is 10.8. The van der Waals surface area contributed by atoms with E-state index in [9.17, 15) is 9.90 Å². The van der Waals surface area contributed by atoms with Crippen LogP contribution in [0.2, 0.25) is 0 Å². The largest absolute Gasteiger partial charge is 0.488 e. The molecule has 1 heterocycles. The van der Waals surface area contributed by atoms with Gasteiger partial charge in [-0.2, -0.15) is 0 Å². The van der Waals surface area contributed by atoms with E-state index in [1.807, 2.05) is 24.3 Å². The summed E-state index contributed by atoms with van der Waals surface area (Å²) in [6.07, 6.45) is -0.862. The fraction of sp³-hybridized carbons (Fsp3) is 0.188. The number of aliphatic hydroxyl groups is 1. The molecule has 1 aliphatic heterocycles. The number of benzene rings is 2. The molecule has 0 amide bonds. The average Bonchev–Trinajstić information content (AvgIpc) is 2.57. The summed E-state index contributed by atoms with van der Waals surface area (Å²) in [7, 11) is 0. The molecule has 2 N–H and O–H groups in total. The lowest BCUT2D eigenvalue weighted by molar-refractivity contribution is -0.136. The van der Waals surface area contributed by atoms with Crippen molar-refractivity contribution in [1.82, 2.24) is 0 Å². The van der Waals surface area contributed by atoms with Crippen LogP contribution < -0.4 is 4.74 Å². The van der Waals surface area contributed by atoms with Crippen LogP contribution in [0.1, 0.15) is 28.4 Å². The molecule has 2 aromatic carbocycles. The van der Waals surface area contributed by atoms with Crippen molar-refractivity contribution in [3.63, 3.8) is 0 Å². The highest BCUT2D eigenvalue weighted by atomic mass is 16.5. The monoisotopic (exact) mass is 270 g/mol. The molecule has 0 saturated heterocycles. The second kappa shape index (κ2) is 4.98. The summed E-state index contributed by atoms with van der Waals surface area (Å²) < 4.78 is 5.70. The Morgan fingerprint density at radius 2 is 2.00 bits per heavy atom. The van der Waals surface area contributed by atoms with Crippen LogP contribution >= 0.6 is 0 Å². The van der Waals surface area contributed by atoms with Gasteiger partial charge in [0.25, 0.3) is 0 Å². The van der Waals surface area contributed by atoms with Crippen LogP contribution in [0.15, 0.2) is 42.5 Å². The topological polar surface area (TPSA) is 66.8 Å². The van der Waals surface area contributed by atoms with Gasteiger partial charge in [0.05, 0.1) is 6.42 Å². The standard InChI is InChI=1S/C16H14O4/c17-15(18)8-10-5-6-14-13(7-10)16(19)12-4-2-1-3-11(12)9-20-14/h1-7,16,19H,8-9H2,(H,17,18)/t16-/m1/s1. The summed E-state index contributed by atoms with van der Waals surface area (Å²) in [5.74, 6) is -0.294. The zero-order valence-electron chi connectivity index (χ0n) is 10.7. The maximum Gasteiger partial charge on any atom is 0.307 e. The number of hydrogen-bond acceptors (Lipinski definition) is 3. The van der Waals surface area contributed by atoms with Gasteiger partial charge in [0, 0.05) is 5.56 Å². The van der Waals surface area contributed by atoms with E-state index >= 15 is 0 Å². The molecule has 4 heteroatoms. The Morgan fingerprint density at radius 3 is 2.80 bits per heavy atom. The minimum absolute atomic E-state index is 0.0678. The molecular weight excluding hydrogens is 256 g/mol. The van der Waals surface area contributed by atoms with Crippen LogP contribution in [0.4, 0.5) is 0 Å². The van der Waals surface area contributed by atoms with Gasteiger partial charge < -0.3 is 14.9 Å². The van der Waals surface area contributed by atoms with Gasteiger partial charge in [0.2, 0.25) is 0 Å². The molecule has 0 aliphatic carbocycles. The highest BCUT2D eigenvalue weighted by Crippen LogP contribution is 2.36. The quantitative estimate of drug-likeness (QED) is 0.878. The van der Waals surface area contributed by atoms with Gasteiger partial charge in [-0.25, -0.2) is 0 Å². The Kier molecular flexibility index (Phi) is 3.16. The predicted octanol–water partition coefficient (Wildman–Crippen LogP) is 2.29. The van der Waals surface area contributed by atoms with E-state index in [2.05, 4.69) is 0 Å². The van der Waals surface area contributed by atoms with Gasteiger partial charge in [-0.05, 0) is 28.8 Å². The Labute approximate surface area is 116 Å². The number of carboxylic acids is 1. The molecule has 0 radical (unpaired) electrons. The van der Waals surface area contributed by atoms with Crippen molar-refractivity contribution in [2.24, 2.45) is 0 Å². The second-order valence-corrected chi connectivity index (χ2v) is 4.83. The van der Waals surface area contributed by atoms with Crippen molar-refractivity contribution < 1.29 is 19.7 Å². The number of ether oxygens (including phenoxy) is 1. The first-order valence-electron chi connectivity index (χ1n) is 6.38. The van der Waals surface area contributed by atoms with Crippen LogP contribution in [0, 0.1) is 0 Å². The van der Waals surface area contributed by atoms with Crippen molar-refractivity contribution in [2.75, 3.05) is 0 Å². The normalized spacial score (nSPS) is 16.6. The zero-order chi connectivity index (χ0) is 14.1. The molecule has 0 spiro atoms. The van der Waals surface area contributed by atoms with Crippen LogP contribution in [0.3, 0.4) is 0 Å². The van der Waals surface area contributed by atoms with Gasteiger partial charge in [0.15, 0.2) is 0 Å². The van der Waals surface area contributed by atoms with Crippen molar-refractivity contribution in [3.8, 4) is 5.75 Å². The molecule has 0 bridgehead atoms. The summed E-state index contributed by atoms with van der Waals surface area (Å²) in [4.78, 5) is 10.8. The molecule has 0 unspecified atom stereocenters. The summed E-state index contributed by atoms with van der Waals surface area (Å²) in [5.41, 5.74) is 3.02. The molecule has 0 aromatic heterocycles. The summed E-state index contributed by atoms with van der Waals surface area (Å²) in [6, 6.07) is 12.7. The van der Waals surface area contributed by atoms with Crippen LogP contribution in [0.5, 0.6) is 5.75 Å². The molecule has 4 nitrogen and oxygen atoms in total. The van der Waals surface area contributed by atoms with E-state index in [1.165, 1.54) is 0 Å². The average molecular weight is 270 g/mol. The van der Waals surface area contributed by atoms with E-state index in [-0.39, 0.29) is 6.42 Å². The highest BCUT2D eigenvalue weighted by Gasteiger charge is 2.22.